The summed E-state index contributed by atoms with van der Waals surface area (Å²) >= 11 is 0. The van der Waals surface area contributed by atoms with E-state index in [0.29, 0.717) is 19.0 Å². The number of hydrogen-bond acceptors (Lipinski definition) is 2. The van der Waals surface area contributed by atoms with Crippen molar-refractivity contribution in [3.63, 3.8) is 0 Å². The van der Waals surface area contributed by atoms with E-state index >= 15 is 0 Å². The van der Waals surface area contributed by atoms with Gasteiger partial charge < -0.3 is 10.6 Å². The molecule has 0 saturated heterocycles. The molecule has 24 heavy (non-hydrogen) atoms. The van der Waals surface area contributed by atoms with Crippen LogP contribution in [0.15, 0.2) is 29.3 Å². The Kier molecular flexibility index (Phi) is 9.58. The highest BCUT2D eigenvalue weighted by Gasteiger charge is 2.28. The van der Waals surface area contributed by atoms with Crippen LogP contribution in [0, 0.1) is 5.82 Å². The van der Waals surface area contributed by atoms with Gasteiger partial charge in [-0.1, -0.05) is 18.2 Å². The zero-order chi connectivity index (χ0) is 16.7. The summed E-state index contributed by atoms with van der Waals surface area (Å²) in [5.74, 6) is 0.663. The van der Waals surface area contributed by atoms with Gasteiger partial charge in [0.15, 0.2) is 5.96 Å². The number of aliphatic imine (C=N–C) groups is 1. The largest absolute Gasteiger partial charge is 0.357 e. The van der Waals surface area contributed by atoms with Crippen molar-refractivity contribution in [2.75, 3.05) is 26.7 Å². The molecule has 4 nitrogen and oxygen atoms in total. The molecule has 0 spiro atoms. The van der Waals surface area contributed by atoms with Crippen molar-refractivity contribution in [3.05, 3.63) is 35.6 Å². The molecule has 0 bridgehead atoms. The van der Waals surface area contributed by atoms with Gasteiger partial charge in [-0.2, -0.15) is 0 Å². The molecule has 0 heterocycles. The maximum Gasteiger partial charge on any atom is 0.191 e. The summed E-state index contributed by atoms with van der Waals surface area (Å²) in [4.78, 5) is 7.07. The monoisotopic (exact) mass is 448 g/mol. The van der Waals surface area contributed by atoms with Crippen molar-refractivity contribution in [2.45, 2.75) is 45.2 Å². The van der Waals surface area contributed by atoms with Crippen LogP contribution in [0.1, 0.15) is 32.3 Å². The summed E-state index contributed by atoms with van der Waals surface area (Å²) in [5, 5.41) is 6.54. The lowest BCUT2D eigenvalue weighted by Crippen LogP contribution is -2.40. The summed E-state index contributed by atoms with van der Waals surface area (Å²) in [7, 11) is 2.18. The summed E-state index contributed by atoms with van der Waals surface area (Å²) in [5.41, 5.74) is 0.734. The van der Waals surface area contributed by atoms with Gasteiger partial charge in [0.05, 0.1) is 6.54 Å². The molecule has 1 unspecified atom stereocenters. The average molecular weight is 448 g/mol. The molecule has 0 amide bonds. The van der Waals surface area contributed by atoms with E-state index in [1.54, 1.807) is 6.07 Å². The van der Waals surface area contributed by atoms with Crippen LogP contribution in [0.3, 0.4) is 0 Å². The predicted octanol–water partition coefficient (Wildman–Crippen LogP) is 3.02. The molecule has 0 aromatic heterocycles. The van der Waals surface area contributed by atoms with Gasteiger partial charge in [0, 0.05) is 25.2 Å². The molecule has 1 fully saturated rings. The number of halogens is 2. The molecule has 2 rings (SSSR count). The van der Waals surface area contributed by atoms with E-state index in [0.717, 1.165) is 30.7 Å². The van der Waals surface area contributed by atoms with E-state index in [2.05, 4.69) is 34.5 Å². The van der Waals surface area contributed by atoms with Crippen LogP contribution in [0.4, 0.5) is 4.39 Å². The van der Waals surface area contributed by atoms with Crippen LogP contribution in [-0.2, 0) is 6.42 Å². The third-order valence-electron chi connectivity index (χ3n) is 4.32. The Morgan fingerprint density at radius 3 is 2.67 bits per heavy atom. The number of hydrogen-bond donors (Lipinski definition) is 2. The molecule has 6 heteroatoms. The lowest BCUT2D eigenvalue weighted by atomic mass is 10.1. The Balaban J connectivity index is 0.00000288. The standard InChI is InChI=1S/C18H29FN4.HI/c1-4-20-18(22-13-14(2)23(3)16-9-10-16)21-12-11-15-7-5-6-8-17(15)19;/h5-8,14,16H,4,9-13H2,1-3H3,(H2,20,21,22);1H. The third-order valence-corrected chi connectivity index (χ3v) is 4.32. The topological polar surface area (TPSA) is 39.7 Å². The molecule has 1 aliphatic rings. The van der Waals surface area contributed by atoms with E-state index < -0.39 is 0 Å². The molecule has 0 radical (unpaired) electrons. The SMILES string of the molecule is CCNC(=NCC(C)N(C)C1CC1)NCCc1ccccc1F.I. The van der Waals surface area contributed by atoms with Crippen molar-refractivity contribution in [1.29, 1.82) is 0 Å². The Morgan fingerprint density at radius 1 is 1.33 bits per heavy atom. The minimum atomic E-state index is -0.143. The lowest BCUT2D eigenvalue weighted by molar-refractivity contribution is 0.253. The fraction of sp³-hybridized carbons (Fsp3) is 0.611. The minimum absolute atomic E-state index is 0. The summed E-state index contributed by atoms with van der Waals surface area (Å²) < 4.78 is 13.6. The summed E-state index contributed by atoms with van der Waals surface area (Å²) in [6.45, 7) is 6.51. The highest BCUT2D eigenvalue weighted by atomic mass is 127. The fourth-order valence-electron chi connectivity index (χ4n) is 2.55. The van der Waals surface area contributed by atoms with Crippen molar-refractivity contribution in [3.8, 4) is 0 Å². The first-order chi connectivity index (χ1) is 11.1. The van der Waals surface area contributed by atoms with Crippen LogP contribution >= 0.6 is 24.0 Å². The number of benzene rings is 1. The van der Waals surface area contributed by atoms with Crippen LogP contribution in [-0.4, -0.2) is 49.6 Å². The molecule has 1 aliphatic carbocycles. The van der Waals surface area contributed by atoms with Crippen molar-refractivity contribution in [1.82, 2.24) is 15.5 Å². The Hall–Kier alpha value is -0.890. The number of nitrogens with one attached hydrogen (secondary N) is 2. The van der Waals surface area contributed by atoms with Crippen LogP contribution in [0.2, 0.25) is 0 Å². The van der Waals surface area contributed by atoms with E-state index in [1.165, 1.54) is 18.9 Å². The van der Waals surface area contributed by atoms with Gasteiger partial charge in [-0.05, 0) is 51.8 Å². The number of rotatable bonds is 8. The fourth-order valence-corrected chi connectivity index (χ4v) is 2.55. The Bertz CT molecular complexity index is 519. The lowest BCUT2D eigenvalue weighted by Gasteiger charge is -2.23. The zero-order valence-electron chi connectivity index (χ0n) is 14.9. The number of guanidine groups is 1. The zero-order valence-corrected chi connectivity index (χ0v) is 17.2. The molecule has 2 N–H and O–H groups in total. The Morgan fingerprint density at radius 2 is 2.04 bits per heavy atom. The van der Waals surface area contributed by atoms with Crippen LogP contribution < -0.4 is 10.6 Å². The van der Waals surface area contributed by atoms with Gasteiger partial charge in [0.2, 0.25) is 0 Å². The van der Waals surface area contributed by atoms with Gasteiger partial charge in [0.25, 0.3) is 0 Å². The van der Waals surface area contributed by atoms with Crippen molar-refractivity contribution < 1.29 is 4.39 Å². The molecule has 0 aliphatic heterocycles. The van der Waals surface area contributed by atoms with Gasteiger partial charge in [-0.3, -0.25) is 9.89 Å². The first-order valence-electron chi connectivity index (χ1n) is 8.59. The molecular weight excluding hydrogens is 418 g/mol. The second-order valence-corrected chi connectivity index (χ2v) is 6.23. The quantitative estimate of drug-likeness (QED) is 0.365. The smallest absolute Gasteiger partial charge is 0.191 e. The molecule has 136 valence electrons. The van der Waals surface area contributed by atoms with Gasteiger partial charge in [-0.25, -0.2) is 4.39 Å². The summed E-state index contributed by atoms with van der Waals surface area (Å²) in [6.07, 6.45) is 3.27. The molecule has 1 atom stereocenters. The number of nitrogens with zero attached hydrogens (tertiary/aromatic N) is 2. The van der Waals surface area contributed by atoms with Crippen LogP contribution in [0.5, 0.6) is 0 Å². The highest BCUT2D eigenvalue weighted by Crippen LogP contribution is 2.26. The normalized spacial score (nSPS) is 15.8. The highest BCUT2D eigenvalue weighted by molar-refractivity contribution is 14.0. The first kappa shape index (κ1) is 21.2. The van der Waals surface area contributed by atoms with Crippen molar-refractivity contribution in [2.24, 2.45) is 4.99 Å². The first-order valence-corrected chi connectivity index (χ1v) is 8.59. The van der Waals surface area contributed by atoms with Gasteiger partial charge in [0.1, 0.15) is 5.82 Å². The molecule has 1 saturated carbocycles. The summed E-state index contributed by atoms with van der Waals surface area (Å²) in [6, 6.07) is 8.10. The van der Waals surface area contributed by atoms with E-state index in [1.807, 2.05) is 19.1 Å². The molecule has 1 aromatic carbocycles. The van der Waals surface area contributed by atoms with Crippen molar-refractivity contribution >= 4 is 29.9 Å². The second kappa shape index (κ2) is 10.9. The maximum absolute atomic E-state index is 13.6. The predicted molar refractivity (Wildman–Crippen MR) is 110 cm³/mol. The van der Waals surface area contributed by atoms with Gasteiger partial charge >= 0.3 is 0 Å². The van der Waals surface area contributed by atoms with Crippen LogP contribution in [0.25, 0.3) is 0 Å². The molecular formula is C18H30FIN4. The van der Waals surface area contributed by atoms with E-state index in [9.17, 15) is 4.39 Å². The van der Waals surface area contributed by atoms with E-state index in [4.69, 9.17) is 0 Å². The number of likely N-dealkylation sites (N-methyl/N-ethyl adjacent to an activating group) is 1. The van der Waals surface area contributed by atoms with E-state index in [-0.39, 0.29) is 29.8 Å². The Labute approximate surface area is 162 Å². The van der Waals surface area contributed by atoms with Gasteiger partial charge in [-0.15, -0.1) is 24.0 Å². The third kappa shape index (κ3) is 6.93. The maximum atomic E-state index is 13.6. The minimum Gasteiger partial charge on any atom is -0.357 e. The molecule has 1 aromatic rings. The average Bonchev–Trinajstić information content (AvgIpc) is 3.38. The second-order valence-electron chi connectivity index (χ2n) is 6.23.